The summed E-state index contributed by atoms with van der Waals surface area (Å²) in [4.78, 5) is 25.5. The number of ether oxygens (including phenoxy) is 4. The normalized spacial score (nSPS) is 13.0. The highest BCUT2D eigenvalue weighted by atomic mass is 16.7. The fourth-order valence-electron chi connectivity index (χ4n) is 3.19. The zero-order valence-corrected chi connectivity index (χ0v) is 17.0. The summed E-state index contributed by atoms with van der Waals surface area (Å²) in [6.07, 6.45) is 0. The standard InChI is InChI=1S/C21H24N2O6/c1-13(24)16-8-19-20(29-12-28-19)9-17(16)22-21(25)11-23(2)10-14-5-6-15(26-3)7-18(14)27-4/h5-9H,10-12H2,1-4H3,(H,22,25)/p+1. The van der Waals surface area contributed by atoms with E-state index in [1.54, 1.807) is 26.4 Å². The Bertz CT molecular complexity index is 928. The number of Topliss-reactive ketones (excluding diaryl/α,β-unsaturated/α-hetero) is 1. The molecule has 2 N–H and O–H groups in total. The molecule has 2 aromatic carbocycles. The number of hydrogen-bond acceptors (Lipinski definition) is 6. The van der Waals surface area contributed by atoms with Gasteiger partial charge in [0.05, 0.1) is 27.0 Å². The van der Waals surface area contributed by atoms with Crippen LogP contribution >= 0.6 is 0 Å². The minimum atomic E-state index is -0.212. The smallest absolute Gasteiger partial charge is 0.279 e. The minimum Gasteiger partial charge on any atom is -0.497 e. The maximum Gasteiger partial charge on any atom is 0.279 e. The molecule has 8 heteroatoms. The van der Waals surface area contributed by atoms with Crippen molar-refractivity contribution in [3.05, 3.63) is 41.5 Å². The van der Waals surface area contributed by atoms with Crippen molar-refractivity contribution >= 4 is 17.4 Å². The molecule has 0 spiro atoms. The van der Waals surface area contributed by atoms with Gasteiger partial charge in [-0.3, -0.25) is 9.59 Å². The summed E-state index contributed by atoms with van der Waals surface area (Å²) in [5.41, 5.74) is 1.77. The molecule has 0 saturated heterocycles. The van der Waals surface area contributed by atoms with E-state index in [1.807, 2.05) is 25.2 Å². The fraction of sp³-hybridized carbons (Fsp3) is 0.333. The molecule has 29 heavy (non-hydrogen) atoms. The molecule has 0 fully saturated rings. The Morgan fingerprint density at radius 2 is 1.83 bits per heavy atom. The lowest BCUT2D eigenvalue weighted by Crippen LogP contribution is -3.08. The first-order chi connectivity index (χ1) is 13.9. The average Bonchev–Trinajstić information content (AvgIpc) is 3.14. The molecular weight excluding hydrogens is 376 g/mol. The van der Waals surface area contributed by atoms with Crippen LogP contribution in [0.4, 0.5) is 5.69 Å². The van der Waals surface area contributed by atoms with Gasteiger partial charge in [0.1, 0.15) is 18.0 Å². The first-order valence-corrected chi connectivity index (χ1v) is 9.18. The van der Waals surface area contributed by atoms with Crippen molar-refractivity contribution in [1.82, 2.24) is 0 Å². The van der Waals surface area contributed by atoms with E-state index in [0.717, 1.165) is 10.5 Å². The van der Waals surface area contributed by atoms with Gasteiger partial charge in [0, 0.05) is 23.3 Å². The molecule has 3 rings (SSSR count). The Morgan fingerprint density at radius 1 is 1.10 bits per heavy atom. The van der Waals surface area contributed by atoms with E-state index in [1.165, 1.54) is 6.92 Å². The Balaban J connectivity index is 1.68. The monoisotopic (exact) mass is 401 g/mol. The molecule has 1 atom stereocenters. The summed E-state index contributed by atoms with van der Waals surface area (Å²) >= 11 is 0. The van der Waals surface area contributed by atoms with E-state index < -0.39 is 0 Å². The lowest BCUT2D eigenvalue weighted by Gasteiger charge is -2.17. The zero-order chi connectivity index (χ0) is 21.0. The number of fused-ring (bicyclic) bond motifs is 1. The molecule has 0 aliphatic carbocycles. The number of hydrogen-bond donors (Lipinski definition) is 2. The summed E-state index contributed by atoms with van der Waals surface area (Å²) in [6, 6.07) is 8.81. The number of benzene rings is 2. The largest absolute Gasteiger partial charge is 0.497 e. The Morgan fingerprint density at radius 3 is 2.48 bits per heavy atom. The molecular formula is C21H25N2O6+. The predicted octanol–water partition coefficient (Wildman–Crippen LogP) is 1.29. The summed E-state index contributed by atoms with van der Waals surface area (Å²) in [5, 5.41) is 2.82. The quantitative estimate of drug-likeness (QED) is 0.648. The Kier molecular flexibility index (Phi) is 6.23. The van der Waals surface area contributed by atoms with Crippen molar-refractivity contribution in [3.8, 4) is 23.0 Å². The molecule has 0 radical (unpaired) electrons. The lowest BCUT2D eigenvalue weighted by atomic mass is 10.1. The van der Waals surface area contributed by atoms with Crippen LogP contribution in [0.3, 0.4) is 0 Å². The van der Waals surface area contributed by atoms with Gasteiger partial charge in [-0.25, -0.2) is 0 Å². The molecule has 1 heterocycles. The third-order valence-electron chi connectivity index (χ3n) is 4.61. The van der Waals surface area contributed by atoms with E-state index >= 15 is 0 Å². The van der Waals surface area contributed by atoms with Crippen LogP contribution in [0, 0.1) is 0 Å². The van der Waals surface area contributed by atoms with E-state index in [4.69, 9.17) is 18.9 Å². The van der Waals surface area contributed by atoms with Gasteiger partial charge < -0.3 is 29.2 Å². The van der Waals surface area contributed by atoms with Crippen LogP contribution < -0.4 is 29.2 Å². The molecule has 2 aromatic rings. The molecule has 0 bridgehead atoms. The molecule has 1 unspecified atom stereocenters. The second-order valence-electron chi connectivity index (χ2n) is 6.84. The van der Waals surface area contributed by atoms with E-state index in [-0.39, 0.29) is 25.0 Å². The Labute approximate surface area is 169 Å². The van der Waals surface area contributed by atoms with Crippen molar-refractivity contribution in [2.45, 2.75) is 13.5 Å². The van der Waals surface area contributed by atoms with E-state index in [2.05, 4.69) is 5.32 Å². The van der Waals surface area contributed by atoms with Crippen molar-refractivity contribution in [2.24, 2.45) is 0 Å². The van der Waals surface area contributed by atoms with Gasteiger partial charge in [0.25, 0.3) is 5.91 Å². The number of likely N-dealkylation sites (N-methyl/N-ethyl adjacent to an activating group) is 1. The maximum atomic E-state index is 12.6. The van der Waals surface area contributed by atoms with Gasteiger partial charge in [-0.1, -0.05) is 0 Å². The number of amides is 1. The van der Waals surface area contributed by atoms with Crippen LogP contribution in [0.25, 0.3) is 0 Å². The zero-order valence-electron chi connectivity index (χ0n) is 17.0. The third-order valence-corrected chi connectivity index (χ3v) is 4.61. The predicted molar refractivity (Wildman–Crippen MR) is 106 cm³/mol. The number of carbonyl (C=O) groups excluding carboxylic acids is 2. The summed E-state index contributed by atoms with van der Waals surface area (Å²) in [7, 11) is 5.11. The van der Waals surface area contributed by atoms with Gasteiger partial charge in [0.15, 0.2) is 23.8 Å². The second kappa shape index (κ2) is 8.83. The van der Waals surface area contributed by atoms with Crippen LogP contribution in [-0.4, -0.2) is 46.3 Å². The fourth-order valence-corrected chi connectivity index (χ4v) is 3.19. The molecule has 0 saturated carbocycles. The Hall–Kier alpha value is -3.26. The highest BCUT2D eigenvalue weighted by molar-refractivity contribution is 6.04. The van der Waals surface area contributed by atoms with Crippen molar-refractivity contribution < 1.29 is 33.4 Å². The number of quaternary nitrogens is 1. The topological polar surface area (TPSA) is 87.5 Å². The number of nitrogens with one attached hydrogen (secondary N) is 2. The van der Waals surface area contributed by atoms with Gasteiger partial charge in [0.2, 0.25) is 6.79 Å². The molecule has 0 aromatic heterocycles. The highest BCUT2D eigenvalue weighted by Crippen LogP contribution is 2.37. The number of ketones is 1. The van der Waals surface area contributed by atoms with Crippen molar-refractivity contribution in [2.75, 3.05) is 39.9 Å². The second-order valence-corrected chi connectivity index (χ2v) is 6.84. The van der Waals surface area contributed by atoms with Crippen molar-refractivity contribution in [3.63, 3.8) is 0 Å². The van der Waals surface area contributed by atoms with Crippen LogP contribution in [-0.2, 0) is 11.3 Å². The first-order valence-electron chi connectivity index (χ1n) is 9.18. The SMILES string of the molecule is COc1ccc(C[NH+](C)CC(=O)Nc2cc3c(cc2C(C)=O)OCO3)c(OC)c1. The van der Waals surface area contributed by atoms with Crippen LogP contribution in [0.2, 0.25) is 0 Å². The summed E-state index contributed by atoms with van der Waals surface area (Å²) < 4.78 is 21.3. The van der Waals surface area contributed by atoms with Crippen LogP contribution in [0.15, 0.2) is 30.3 Å². The maximum absolute atomic E-state index is 12.6. The average molecular weight is 401 g/mol. The number of rotatable bonds is 8. The van der Waals surface area contributed by atoms with Gasteiger partial charge in [-0.15, -0.1) is 0 Å². The number of anilines is 1. The number of methoxy groups -OCH3 is 2. The van der Waals surface area contributed by atoms with Crippen LogP contribution in [0.1, 0.15) is 22.8 Å². The van der Waals surface area contributed by atoms with Gasteiger partial charge >= 0.3 is 0 Å². The van der Waals surface area contributed by atoms with Crippen molar-refractivity contribution in [1.29, 1.82) is 0 Å². The van der Waals surface area contributed by atoms with E-state index in [0.29, 0.717) is 40.8 Å². The minimum absolute atomic E-state index is 0.0979. The first kappa shape index (κ1) is 20.5. The van der Waals surface area contributed by atoms with Gasteiger partial charge in [-0.2, -0.15) is 0 Å². The summed E-state index contributed by atoms with van der Waals surface area (Å²) in [6.45, 7) is 2.34. The summed E-state index contributed by atoms with van der Waals surface area (Å²) in [5.74, 6) is 2.05. The molecule has 1 aliphatic rings. The van der Waals surface area contributed by atoms with E-state index in [9.17, 15) is 9.59 Å². The molecule has 154 valence electrons. The van der Waals surface area contributed by atoms with Crippen LogP contribution in [0.5, 0.6) is 23.0 Å². The molecule has 1 aliphatic heterocycles. The third kappa shape index (κ3) is 4.78. The number of carbonyl (C=O) groups is 2. The molecule has 1 amide bonds. The van der Waals surface area contributed by atoms with Gasteiger partial charge in [-0.05, 0) is 25.1 Å². The molecule has 8 nitrogen and oxygen atoms in total. The highest BCUT2D eigenvalue weighted by Gasteiger charge is 2.21. The lowest BCUT2D eigenvalue weighted by molar-refractivity contribution is -0.885.